The van der Waals surface area contributed by atoms with Gasteiger partial charge in [-0.1, -0.05) is 62.0 Å². The van der Waals surface area contributed by atoms with E-state index in [2.05, 4.69) is 26.0 Å². The second kappa shape index (κ2) is 7.63. The summed E-state index contributed by atoms with van der Waals surface area (Å²) in [6, 6.07) is 10.1. The van der Waals surface area contributed by atoms with Crippen molar-refractivity contribution >= 4 is 22.8 Å². The highest BCUT2D eigenvalue weighted by Gasteiger charge is 2.61. The zero-order valence-electron chi connectivity index (χ0n) is 16.1. The van der Waals surface area contributed by atoms with Gasteiger partial charge in [0.15, 0.2) is 0 Å². The van der Waals surface area contributed by atoms with Crippen LogP contribution in [0.2, 0.25) is 0 Å². The molecule has 0 amide bonds. The fourth-order valence-electron chi connectivity index (χ4n) is 3.94. The van der Waals surface area contributed by atoms with Gasteiger partial charge in [0.2, 0.25) is 5.12 Å². The number of allylic oxidation sites excluding steroid dienone is 1. The molecule has 4 nitrogen and oxygen atoms in total. The van der Waals surface area contributed by atoms with Crippen LogP contribution < -0.4 is 0 Å². The Labute approximate surface area is 169 Å². The molecule has 5 heteroatoms. The van der Waals surface area contributed by atoms with Crippen LogP contribution in [0.3, 0.4) is 0 Å². The molecule has 0 N–H and O–H groups in total. The van der Waals surface area contributed by atoms with Gasteiger partial charge in [0.1, 0.15) is 6.61 Å². The number of carbonyl (C=O) groups excluding carboxylic acids is 2. The lowest BCUT2D eigenvalue weighted by molar-refractivity contribution is -0.147. The molecule has 0 spiro atoms. The van der Waals surface area contributed by atoms with Crippen LogP contribution in [-0.2, 0) is 27.4 Å². The first-order valence-electron chi connectivity index (χ1n) is 9.59. The van der Waals surface area contributed by atoms with E-state index in [-0.39, 0.29) is 34.9 Å². The molecule has 28 heavy (non-hydrogen) atoms. The highest BCUT2D eigenvalue weighted by atomic mass is 32.2. The maximum absolute atomic E-state index is 12.7. The molecule has 2 fully saturated rings. The number of ether oxygens (including phenoxy) is 1. The summed E-state index contributed by atoms with van der Waals surface area (Å²) < 4.78 is 11.0. The van der Waals surface area contributed by atoms with Crippen molar-refractivity contribution in [2.24, 2.45) is 17.3 Å². The third kappa shape index (κ3) is 3.81. The summed E-state index contributed by atoms with van der Waals surface area (Å²) >= 11 is 1.36. The van der Waals surface area contributed by atoms with Crippen LogP contribution in [0.5, 0.6) is 0 Å². The summed E-state index contributed by atoms with van der Waals surface area (Å²) in [4.78, 5) is 24.5. The van der Waals surface area contributed by atoms with Gasteiger partial charge in [-0.25, -0.2) is 0 Å². The van der Waals surface area contributed by atoms with E-state index >= 15 is 0 Å². The Balaban J connectivity index is 1.38. The first-order valence-corrected chi connectivity index (χ1v) is 10.6. The van der Waals surface area contributed by atoms with Crippen LogP contribution in [0.25, 0.3) is 0 Å². The Bertz CT molecular complexity index is 910. The van der Waals surface area contributed by atoms with E-state index in [0.717, 1.165) is 35.3 Å². The standard InChI is InChI=1S/C23H24O4S/c1-23(2)19(11-16-8-9-28-22(16)25)20(23)21(24)27-14-18-13-26-12-17(18)10-15-6-4-3-5-7-15/h3-7,11-13,19-20H,8-10,14H2,1-2H3/b16-11+/t19-,20-/m0/s1. The molecule has 4 rings (SSSR count). The maximum Gasteiger partial charge on any atom is 0.310 e. The van der Waals surface area contributed by atoms with Crippen LogP contribution in [0.1, 0.15) is 37.0 Å². The van der Waals surface area contributed by atoms with Crippen molar-refractivity contribution in [3.05, 3.63) is 71.2 Å². The molecular formula is C23H24O4S. The summed E-state index contributed by atoms with van der Waals surface area (Å²) in [6.45, 7) is 4.33. The Hall–Kier alpha value is -2.27. The van der Waals surface area contributed by atoms with Crippen LogP contribution in [-0.4, -0.2) is 16.8 Å². The summed E-state index contributed by atoms with van der Waals surface area (Å²) in [5.74, 6) is 0.530. The topological polar surface area (TPSA) is 56.5 Å². The number of esters is 1. The summed E-state index contributed by atoms with van der Waals surface area (Å²) in [7, 11) is 0. The summed E-state index contributed by atoms with van der Waals surface area (Å²) in [6.07, 6.45) is 6.92. The molecule has 1 aromatic heterocycles. The van der Waals surface area contributed by atoms with E-state index in [1.54, 1.807) is 12.5 Å². The lowest BCUT2D eigenvalue weighted by atomic mass is 10.0. The van der Waals surface area contributed by atoms with Gasteiger partial charge in [-0.15, -0.1) is 0 Å². The fourth-order valence-corrected chi connectivity index (χ4v) is 4.80. The minimum absolute atomic E-state index is 0.0748. The van der Waals surface area contributed by atoms with Crippen molar-refractivity contribution in [2.45, 2.75) is 33.3 Å². The van der Waals surface area contributed by atoms with Crippen molar-refractivity contribution in [2.75, 3.05) is 5.75 Å². The first-order chi connectivity index (χ1) is 13.5. The molecule has 0 bridgehead atoms. The number of benzene rings is 1. The molecule has 1 aliphatic heterocycles. The molecule has 1 saturated heterocycles. The van der Waals surface area contributed by atoms with Crippen molar-refractivity contribution in [3.63, 3.8) is 0 Å². The lowest BCUT2D eigenvalue weighted by Gasteiger charge is -2.06. The first kappa shape index (κ1) is 19.1. The van der Waals surface area contributed by atoms with Gasteiger partial charge < -0.3 is 9.15 Å². The second-order valence-electron chi connectivity index (χ2n) is 8.09. The van der Waals surface area contributed by atoms with Gasteiger partial charge in [0, 0.05) is 28.9 Å². The van der Waals surface area contributed by atoms with E-state index in [0.29, 0.717) is 0 Å². The Morgan fingerprint density at radius 3 is 2.71 bits per heavy atom. The highest BCUT2D eigenvalue weighted by molar-refractivity contribution is 8.14. The molecule has 1 aliphatic carbocycles. The van der Waals surface area contributed by atoms with Crippen molar-refractivity contribution in [3.8, 4) is 0 Å². The molecule has 0 unspecified atom stereocenters. The van der Waals surface area contributed by atoms with Crippen molar-refractivity contribution < 1.29 is 18.7 Å². The Kier molecular flexibility index (Phi) is 5.19. The number of rotatable bonds is 6. The number of hydrogen-bond donors (Lipinski definition) is 0. The predicted octanol–water partition coefficient (Wildman–Crippen LogP) is 4.78. The minimum Gasteiger partial charge on any atom is -0.472 e. The largest absolute Gasteiger partial charge is 0.472 e. The molecule has 2 atom stereocenters. The van der Waals surface area contributed by atoms with E-state index in [1.165, 1.54) is 17.3 Å². The van der Waals surface area contributed by atoms with E-state index in [1.807, 2.05) is 24.3 Å². The van der Waals surface area contributed by atoms with Crippen molar-refractivity contribution in [1.29, 1.82) is 0 Å². The molecule has 2 heterocycles. The normalized spacial score (nSPS) is 24.5. The van der Waals surface area contributed by atoms with Gasteiger partial charge in [0.05, 0.1) is 18.4 Å². The average molecular weight is 397 g/mol. The molecule has 1 aromatic carbocycles. The zero-order valence-corrected chi connectivity index (χ0v) is 17.0. The quantitative estimate of drug-likeness (QED) is 0.520. The van der Waals surface area contributed by atoms with Gasteiger partial charge in [0.25, 0.3) is 0 Å². The second-order valence-corrected chi connectivity index (χ2v) is 9.16. The van der Waals surface area contributed by atoms with Gasteiger partial charge in [-0.05, 0) is 23.3 Å². The molecule has 2 aromatic rings. The monoisotopic (exact) mass is 396 g/mol. The number of hydrogen-bond acceptors (Lipinski definition) is 5. The van der Waals surface area contributed by atoms with Crippen LogP contribution in [0.4, 0.5) is 0 Å². The zero-order chi connectivity index (χ0) is 19.7. The minimum atomic E-state index is -0.197. The number of thioether (sulfide) groups is 1. The summed E-state index contributed by atoms with van der Waals surface area (Å²) in [5.41, 5.74) is 3.80. The smallest absolute Gasteiger partial charge is 0.310 e. The van der Waals surface area contributed by atoms with Crippen molar-refractivity contribution in [1.82, 2.24) is 0 Å². The van der Waals surface area contributed by atoms with E-state index in [9.17, 15) is 9.59 Å². The average Bonchev–Trinajstić information content (AvgIpc) is 3.02. The van der Waals surface area contributed by atoms with Gasteiger partial charge in [-0.2, -0.15) is 0 Å². The van der Waals surface area contributed by atoms with Crippen LogP contribution in [0.15, 0.2) is 58.9 Å². The van der Waals surface area contributed by atoms with Crippen LogP contribution in [0, 0.1) is 17.3 Å². The lowest BCUT2D eigenvalue weighted by Crippen LogP contribution is -2.11. The summed E-state index contributed by atoms with van der Waals surface area (Å²) in [5, 5.41) is 0.152. The molecule has 1 saturated carbocycles. The van der Waals surface area contributed by atoms with E-state index < -0.39 is 0 Å². The fraction of sp³-hybridized carbons (Fsp3) is 0.391. The number of furan rings is 1. The third-order valence-electron chi connectivity index (χ3n) is 5.85. The Morgan fingerprint density at radius 1 is 1.25 bits per heavy atom. The van der Waals surface area contributed by atoms with Gasteiger partial charge >= 0.3 is 5.97 Å². The SMILES string of the molecule is CC1(C)[C@H](C(=O)OCc2cocc2Cc2ccccc2)[C@@H]1/C=C1\CCSC1=O. The maximum atomic E-state index is 12.7. The highest BCUT2D eigenvalue weighted by Crippen LogP contribution is 2.60. The molecule has 0 radical (unpaired) electrons. The molecule has 2 aliphatic rings. The third-order valence-corrected chi connectivity index (χ3v) is 6.79. The van der Waals surface area contributed by atoms with E-state index in [4.69, 9.17) is 9.15 Å². The molecular weight excluding hydrogens is 372 g/mol. The predicted molar refractivity (Wildman–Crippen MR) is 109 cm³/mol. The van der Waals surface area contributed by atoms with Crippen LogP contribution >= 0.6 is 11.8 Å². The Morgan fingerprint density at radius 2 is 2.00 bits per heavy atom. The van der Waals surface area contributed by atoms with Gasteiger partial charge in [-0.3, -0.25) is 9.59 Å². The number of carbonyl (C=O) groups is 2. The molecule has 146 valence electrons.